The van der Waals surface area contributed by atoms with Gasteiger partial charge in [0, 0.05) is 21.5 Å². The van der Waals surface area contributed by atoms with E-state index in [0.717, 1.165) is 5.56 Å². The summed E-state index contributed by atoms with van der Waals surface area (Å²) in [5.41, 5.74) is 14.0. The summed E-state index contributed by atoms with van der Waals surface area (Å²) < 4.78 is 0. The molecule has 0 amide bonds. The normalized spacial score (nSPS) is 10.8. The summed E-state index contributed by atoms with van der Waals surface area (Å²) >= 11 is 5.85. The topological polar surface area (TPSA) is 94.9 Å². The van der Waals surface area contributed by atoms with Crippen molar-refractivity contribution in [3.8, 4) is 0 Å². The number of nitrogens with two attached hydrogens (primary N) is 2. The first-order valence-electron chi connectivity index (χ1n) is 6.60. The number of ketones is 1. The molecule has 0 radical (unpaired) electrons. The second-order valence-corrected chi connectivity index (χ2v) is 5.37. The monoisotopic (exact) mass is 312 g/mol. The lowest BCUT2D eigenvalue weighted by Gasteiger charge is -2.10. The number of fused-ring (bicyclic) bond motifs is 1. The number of aromatic nitrogens is 2. The van der Waals surface area contributed by atoms with Crippen LogP contribution in [0.15, 0.2) is 36.4 Å². The van der Waals surface area contributed by atoms with Gasteiger partial charge in [0.1, 0.15) is 5.82 Å². The van der Waals surface area contributed by atoms with E-state index in [1.807, 2.05) is 6.92 Å². The number of hydrogen-bond acceptors (Lipinski definition) is 5. The van der Waals surface area contributed by atoms with E-state index in [1.54, 1.807) is 36.4 Å². The van der Waals surface area contributed by atoms with E-state index in [1.165, 1.54) is 0 Å². The molecule has 3 aromatic rings. The Morgan fingerprint density at radius 1 is 1.05 bits per heavy atom. The average Bonchev–Trinajstić information content (AvgIpc) is 2.47. The van der Waals surface area contributed by atoms with Crippen molar-refractivity contribution in [1.29, 1.82) is 0 Å². The van der Waals surface area contributed by atoms with E-state index < -0.39 is 0 Å². The lowest BCUT2D eigenvalue weighted by Crippen LogP contribution is -2.07. The van der Waals surface area contributed by atoms with Gasteiger partial charge in [0.05, 0.1) is 5.52 Å². The molecule has 4 N–H and O–H groups in total. The molecule has 1 heterocycles. The summed E-state index contributed by atoms with van der Waals surface area (Å²) in [4.78, 5) is 20.8. The summed E-state index contributed by atoms with van der Waals surface area (Å²) in [5.74, 6) is 0.277. The fourth-order valence-corrected chi connectivity index (χ4v) is 2.57. The maximum atomic E-state index is 12.7. The van der Waals surface area contributed by atoms with Gasteiger partial charge in [0.2, 0.25) is 5.95 Å². The summed E-state index contributed by atoms with van der Waals surface area (Å²) in [5, 5.41) is 1.23. The quantitative estimate of drug-likeness (QED) is 0.709. The molecular weight excluding hydrogens is 300 g/mol. The van der Waals surface area contributed by atoms with Crippen LogP contribution in [-0.2, 0) is 0 Å². The molecule has 5 nitrogen and oxygen atoms in total. The van der Waals surface area contributed by atoms with Crippen LogP contribution in [0.1, 0.15) is 21.5 Å². The molecule has 0 unspecified atom stereocenters. The molecule has 6 heteroatoms. The summed E-state index contributed by atoms with van der Waals surface area (Å²) in [6.45, 7) is 1.82. The lowest BCUT2D eigenvalue weighted by molar-refractivity contribution is 0.103. The van der Waals surface area contributed by atoms with Crippen LogP contribution in [-0.4, -0.2) is 15.8 Å². The fraction of sp³-hybridized carbons (Fsp3) is 0.0625. The molecule has 0 bridgehead atoms. The van der Waals surface area contributed by atoms with Gasteiger partial charge in [-0.1, -0.05) is 11.6 Å². The van der Waals surface area contributed by atoms with Crippen molar-refractivity contribution in [2.24, 2.45) is 0 Å². The van der Waals surface area contributed by atoms with Crippen LogP contribution in [0.2, 0.25) is 5.02 Å². The Labute approximate surface area is 131 Å². The van der Waals surface area contributed by atoms with E-state index in [0.29, 0.717) is 27.1 Å². The van der Waals surface area contributed by atoms with Crippen molar-refractivity contribution in [3.05, 3.63) is 58.1 Å². The SMILES string of the molecule is Cc1c(C(=O)c2ccc(Cl)cc2)ccc2nc(N)nc(N)c12. The molecule has 2 aromatic carbocycles. The van der Waals surface area contributed by atoms with Crippen LogP contribution in [0.5, 0.6) is 0 Å². The minimum absolute atomic E-state index is 0.104. The van der Waals surface area contributed by atoms with Crippen LogP contribution in [0.4, 0.5) is 11.8 Å². The summed E-state index contributed by atoms with van der Waals surface area (Å²) in [6, 6.07) is 10.2. The van der Waals surface area contributed by atoms with Gasteiger partial charge in [0.15, 0.2) is 5.78 Å². The highest BCUT2D eigenvalue weighted by Crippen LogP contribution is 2.27. The van der Waals surface area contributed by atoms with Crippen LogP contribution in [0.25, 0.3) is 10.9 Å². The number of benzene rings is 2. The maximum absolute atomic E-state index is 12.7. The van der Waals surface area contributed by atoms with Crippen molar-refractivity contribution < 1.29 is 4.79 Å². The number of carbonyl (C=O) groups is 1. The Morgan fingerprint density at radius 2 is 1.73 bits per heavy atom. The predicted molar refractivity (Wildman–Crippen MR) is 88.0 cm³/mol. The standard InChI is InChI=1S/C16H13ClN4O/c1-8-11(14(22)9-2-4-10(17)5-3-9)6-7-12-13(8)15(18)21-16(19)20-12/h2-7H,1H3,(H4,18,19,20,21). The molecule has 110 valence electrons. The largest absolute Gasteiger partial charge is 0.383 e. The third kappa shape index (κ3) is 2.35. The van der Waals surface area contributed by atoms with E-state index >= 15 is 0 Å². The van der Waals surface area contributed by atoms with Crippen LogP contribution < -0.4 is 11.5 Å². The highest BCUT2D eigenvalue weighted by Gasteiger charge is 2.16. The number of aryl methyl sites for hydroxylation is 1. The number of nitrogens with zero attached hydrogens (tertiary/aromatic N) is 2. The zero-order valence-electron chi connectivity index (χ0n) is 11.8. The molecule has 0 spiro atoms. The van der Waals surface area contributed by atoms with Crippen molar-refractivity contribution in [1.82, 2.24) is 9.97 Å². The first-order valence-corrected chi connectivity index (χ1v) is 6.97. The number of nitrogen functional groups attached to an aromatic ring is 2. The van der Waals surface area contributed by atoms with Gasteiger partial charge in [-0.25, -0.2) is 4.98 Å². The lowest BCUT2D eigenvalue weighted by atomic mass is 9.96. The Morgan fingerprint density at radius 3 is 2.41 bits per heavy atom. The molecular formula is C16H13ClN4O. The Balaban J connectivity index is 2.17. The fourth-order valence-electron chi connectivity index (χ4n) is 2.44. The molecule has 0 aliphatic carbocycles. The van der Waals surface area contributed by atoms with Crippen molar-refractivity contribution in [2.75, 3.05) is 11.5 Å². The molecule has 0 atom stereocenters. The van der Waals surface area contributed by atoms with Gasteiger partial charge in [-0.15, -0.1) is 0 Å². The number of rotatable bonds is 2. The van der Waals surface area contributed by atoms with Gasteiger partial charge in [-0.2, -0.15) is 4.98 Å². The molecule has 1 aromatic heterocycles. The zero-order valence-corrected chi connectivity index (χ0v) is 12.6. The first-order chi connectivity index (χ1) is 10.5. The summed E-state index contributed by atoms with van der Waals surface area (Å²) in [7, 11) is 0. The van der Waals surface area contributed by atoms with Crippen LogP contribution >= 0.6 is 11.6 Å². The van der Waals surface area contributed by atoms with Gasteiger partial charge >= 0.3 is 0 Å². The minimum atomic E-state index is -0.104. The highest BCUT2D eigenvalue weighted by molar-refractivity contribution is 6.30. The van der Waals surface area contributed by atoms with Crippen LogP contribution in [0, 0.1) is 6.92 Å². The van der Waals surface area contributed by atoms with Crippen molar-refractivity contribution in [2.45, 2.75) is 6.92 Å². The van der Waals surface area contributed by atoms with E-state index in [-0.39, 0.29) is 17.5 Å². The number of anilines is 2. The smallest absolute Gasteiger partial charge is 0.222 e. The molecule has 0 aliphatic rings. The Hall–Kier alpha value is -2.66. The van der Waals surface area contributed by atoms with E-state index in [4.69, 9.17) is 23.1 Å². The Kier molecular flexibility index (Phi) is 3.42. The predicted octanol–water partition coefficient (Wildman–Crippen LogP) is 2.99. The molecule has 0 aliphatic heterocycles. The van der Waals surface area contributed by atoms with Gasteiger partial charge in [-0.3, -0.25) is 4.79 Å². The van der Waals surface area contributed by atoms with Gasteiger partial charge in [0.25, 0.3) is 0 Å². The maximum Gasteiger partial charge on any atom is 0.222 e. The van der Waals surface area contributed by atoms with Crippen molar-refractivity contribution >= 4 is 40.1 Å². The zero-order chi connectivity index (χ0) is 15.9. The first kappa shape index (κ1) is 14.3. The Bertz CT molecular complexity index is 891. The third-order valence-corrected chi connectivity index (χ3v) is 3.77. The number of carbonyl (C=O) groups excluding carboxylic acids is 1. The highest BCUT2D eigenvalue weighted by atomic mass is 35.5. The second-order valence-electron chi connectivity index (χ2n) is 4.94. The molecule has 0 fully saturated rings. The van der Waals surface area contributed by atoms with E-state index in [9.17, 15) is 4.79 Å². The van der Waals surface area contributed by atoms with Crippen molar-refractivity contribution in [3.63, 3.8) is 0 Å². The molecule has 22 heavy (non-hydrogen) atoms. The number of halogens is 1. The van der Waals surface area contributed by atoms with Crippen LogP contribution in [0.3, 0.4) is 0 Å². The summed E-state index contributed by atoms with van der Waals surface area (Å²) in [6.07, 6.45) is 0. The minimum Gasteiger partial charge on any atom is -0.383 e. The second kappa shape index (κ2) is 5.27. The molecule has 0 saturated carbocycles. The molecule has 3 rings (SSSR count). The number of hydrogen-bond donors (Lipinski definition) is 2. The third-order valence-electron chi connectivity index (χ3n) is 3.52. The molecule has 0 saturated heterocycles. The van der Waals surface area contributed by atoms with Gasteiger partial charge < -0.3 is 11.5 Å². The van der Waals surface area contributed by atoms with E-state index in [2.05, 4.69) is 9.97 Å². The average molecular weight is 313 g/mol. The van der Waals surface area contributed by atoms with Gasteiger partial charge in [-0.05, 0) is 48.9 Å².